The molecule has 0 radical (unpaired) electrons. The highest BCUT2D eigenvalue weighted by molar-refractivity contribution is 6.36. The van der Waals surface area contributed by atoms with Gasteiger partial charge in [0.25, 0.3) is 0 Å². The van der Waals surface area contributed by atoms with Crippen LogP contribution in [0.5, 0.6) is 0 Å². The molecule has 1 aliphatic carbocycles. The maximum Gasteiger partial charge on any atom is 0.411 e. The molecule has 2 aromatic carbocycles. The molecule has 2 aliphatic rings. The Bertz CT molecular complexity index is 1640. The molecule has 1 aromatic heterocycles. The minimum Gasteiger partial charge on any atom is -0.461 e. The van der Waals surface area contributed by atoms with Gasteiger partial charge in [0.15, 0.2) is 11.6 Å². The van der Waals surface area contributed by atoms with Crippen LogP contribution in [0.4, 0.5) is 16.4 Å². The van der Waals surface area contributed by atoms with Gasteiger partial charge in [-0.1, -0.05) is 53.5 Å². The molecular formula is C36H44Cl2N6O5. The van der Waals surface area contributed by atoms with E-state index in [4.69, 9.17) is 38.4 Å². The molecule has 3 aromatic rings. The van der Waals surface area contributed by atoms with Crippen molar-refractivity contribution in [1.29, 1.82) is 0 Å². The van der Waals surface area contributed by atoms with Gasteiger partial charge in [0, 0.05) is 53.8 Å². The summed E-state index contributed by atoms with van der Waals surface area (Å²) in [5.41, 5.74) is 8.43. The van der Waals surface area contributed by atoms with Crippen LogP contribution in [-0.4, -0.2) is 68.1 Å². The average Bonchev–Trinajstić information content (AvgIpc) is 3.56. The molecule has 5 rings (SSSR count). The zero-order valence-electron chi connectivity index (χ0n) is 28.4. The zero-order chi connectivity index (χ0) is 35.3. The number of halogens is 2. The number of hydrogen-bond acceptors (Lipinski definition) is 9. The van der Waals surface area contributed by atoms with Crippen LogP contribution in [0.2, 0.25) is 10.0 Å². The van der Waals surface area contributed by atoms with Crippen molar-refractivity contribution in [3.05, 3.63) is 69.8 Å². The van der Waals surface area contributed by atoms with Crippen LogP contribution in [0, 0.1) is 0 Å². The number of ether oxygens (including phenoxy) is 2. The van der Waals surface area contributed by atoms with E-state index in [1.807, 2.05) is 24.3 Å². The molecule has 1 unspecified atom stereocenters. The van der Waals surface area contributed by atoms with Crippen LogP contribution < -0.4 is 11.1 Å². The van der Waals surface area contributed by atoms with Crippen molar-refractivity contribution in [1.82, 2.24) is 19.8 Å². The quantitative estimate of drug-likeness (QED) is 0.220. The molecule has 2 heterocycles. The lowest BCUT2D eigenvalue weighted by Crippen LogP contribution is -2.56. The Labute approximate surface area is 297 Å². The number of likely N-dealkylation sites (tertiary alicyclic amines) is 1. The Morgan fingerprint density at radius 3 is 2.35 bits per heavy atom. The third-order valence-corrected chi connectivity index (χ3v) is 9.51. The fourth-order valence-electron chi connectivity index (χ4n) is 6.26. The largest absolute Gasteiger partial charge is 0.461 e. The van der Waals surface area contributed by atoms with Gasteiger partial charge in [-0.05, 0) is 77.0 Å². The summed E-state index contributed by atoms with van der Waals surface area (Å²) < 4.78 is 11.5. The second-order valence-corrected chi connectivity index (χ2v) is 14.4. The maximum absolute atomic E-state index is 13.5. The second kappa shape index (κ2) is 15.6. The fourth-order valence-corrected chi connectivity index (χ4v) is 6.79. The number of nitrogens with zero attached hydrogens (tertiary/aromatic N) is 4. The first-order chi connectivity index (χ1) is 23.3. The van der Waals surface area contributed by atoms with Crippen LogP contribution in [-0.2, 0) is 32.2 Å². The first-order valence-electron chi connectivity index (χ1n) is 16.6. The molecule has 11 nitrogen and oxygen atoms in total. The monoisotopic (exact) mass is 710 g/mol. The van der Waals surface area contributed by atoms with Gasteiger partial charge in [0.1, 0.15) is 17.7 Å². The highest BCUT2D eigenvalue weighted by Gasteiger charge is 2.42. The SMILES string of the molecule is CC(=O)N(Cc1ccc(-c2cnc(N)c(NCc3c(Cl)cccc3Cl)n2)cc1)C1CCN(C(=O)OC(C)(C)C)[C@@H](C(=O)OC2CCCC2)C1. The van der Waals surface area contributed by atoms with Crippen LogP contribution in [0.3, 0.4) is 0 Å². The topological polar surface area (TPSA) is 140 Å². The Balaban J connectivity index is 1.28. The summed E-state index contributed by atoms with van der Waals surface area (Å²) in [6, 6.07) is 11.9. The van der Waals surface area contributed by atoms with E-state index in [9.17, 15) is 14.4 Å². The van der Waals surface area contributed by atoms with Gasteiger partial charge in [-0.25, -0.2) is 19.6 Å². The summed E-state index contributed by atoms with van der Waals surface area (Å²) in [6.45, 7) is 7.81. The van der Waals surface area contributed by atoms with Crippen LogP contribution in [0.15, 0.2) is 48.7 Å². The van der Waals surface area contributed by atoms with E-state index in [2.05, 4.69) is 15.3 Å². The third kappa shape index (κ3) is 9.33. The zero-order valence-corrected chi connectivity index (χ0v) is 29.9. The van der Waals surface area contributed by atoms with Gasteiger partial charge >= 0.3 is 12.1 Å². The summed E-state index contributed by atoms with van der Waals surface area (Å²) in [6.07, 6.45) is 5.33. The summed E-state index contributed by atoms with van der Waals surface area (Å²) in [7, 11) is 0. The standard InChI is InChI=1S/C36H44Cl2N6O5/c1-22(45)44(25-16-17-43(35(47)49-36(2,3)4)31(18-25)34(46)48-26-8-5-6-9-26)21-23-12-14-24(15-13-23)30-20-40-32(39)33(42-30)41-19-27-28(37)10-7-11-29(27)38/h7,10-15,20,25-26,31H,5-6,8-9,16-19,21H2,1-4H3,(H2,39,40)(H,41,42)/t25?,31-/m1/s1. The molecule has 13 heteroatoms. The molecule has 1 saturated carbocycles. The first-order valence-corrected chi connectivity index (χ1v) is 17.4. The molecule has 262 valence electrons. The van der Waals surface area contributed by atoms with E-state index in [1.54, 1.807) is 50.1 Å². The number of anilines is 2. The molecule has 0 spiro atoms. The molecule has 1 aliphatic heterocycles. The molecule has 2 amide bonds. The normalized spacial score (nSPS) is 18.2. The van der Waals surface area contributed by atoms with Gasteiger partial charge in [0.05, 0.1) is 11.9 Å². The minimum atomic E-state index is -0.848. The smallest absolute Gasteiger partial charge is 0.411 e. The van der Waals surface area contributed by atoms with Crippen molar-refractivity contribution in [2.75, 3.05) is 17.6 Å². The number of carbonyl (C=O) groups excluding carboxylic acids is 3. The molecule has 2 atom stereocenters. The summed E-state index contributed by atoms with van der Waals surface area (Å²) in [5, 5.41) is 4.25. The van der Waals surface area contributed by atoms with Crippen molar-refractivity contribution in [3.8, 4) is 11.3 Å². The highest BCUT2D eigenvalue weighted by atomic mass is 35.5. The lowest BCUT2D eigenvalue weighted by Gasteiger charge is -2.42. The number of benzene rings is 2. The summed E-state index contributed by atoms with van der Waals surface area (Å²) in [4.78, 5) is 51.9. The second-order valence-electron chi connectivity index (χ2n) is 13.6. The van der Waals surface area contributed by atoms with Crippen molar-refractivity contribution in [3.63, 3.8) is 0 Å². The van der Waals surface area contributed by atoms with E-state index >= 15 is 0 Å². The molecule has 49 heavy (non-hydrogen) atoms. The van der Waals surface area contributed by atoms with E-state index in [0.717, 1.165) is 42.4 Å². The Kier molecular flexibility index (Phi) is 11.5. The lowest BCUT2D eigenvalue weighted by atomic mass is 9.95. The summed E-state index contributed by atoms with van der Waals surface area (Å²) in [5.74, 6) is 0.0769. The predicted octanol–water partition coefficient (Wildman–Crippen LogP) is 7.25. The molecule has 2 fully saturated rings. The minimum absolute atomic E-state index is 0.124. The molecular weight excluding hydrogens is 667 g/mol. The van der Waals surface area contributed by atoms with Gasteiger partial charge < -0.3 is 25.4 Å². The molecule has 3 N–H and O–H groups in total. The number of piperidine rings is 1. The number of nitrogen functional groups attached to an aromatic ring is 1. The predicted molar refractivity (Wildman–Crippen MR) is 190 cm³/mol. The number of nitrogens with one attached hydrogen (secondary N) is 1. The van der Waals surface area contributed by atoms with Crippen molar-refractivity contribution in [2.45, 2.75) is 103 Å². The summed E-state index contributed by atoms with van der Waals surface area (Å²) >= 11 is 12.6. The van der Waals surface area contributed by atoms with Gasteiger partial charge in [-0.15, -0.1) is 0 Å². The lowest BCUT2D eigenvalue weighted by molar-refractivity contribution is -0.158. The number of amides is 2. The number of esters is 1. The van der Waals surface area contributed by atoms with E-state index in [0.29, 0.717) is 41.1 Å². The number of carbonyl (C=O) groups is 3. The van der Waals surface area contributed by atoms with E-state index in [-0.39, 0.29) is 36.8 Å². The fraction of sp³-hybridized carbons (Fsp3) is 0.472. The Morgan fingerprint density at radius 2 is 1.71 bits per heavy atom. The number of hydrogen-bond donors (Lipinski definition) is 2. The van der Waals surface area contributed by atoms with Crippen LogP contribution in [0.1, 0.15) is 77.3 Å². The van der Waals surface area contributed by atoms with Crippen molar-refractivity contribution >= 4 is 52.8 Å². The van der Waals surface area contributed by atoms with Gasteiger partial charge in [-0.3, -0.25) is 9.69 Å². The Hall–Kier alpha value is -4.09. The van der Waals surface area contributed by atoms with Gasteiger partial charge in [0.2, 0.25) is 5.91 Å². The molecule has 0 bridgehead atoms. The van der Waals surface area contributed by atoms with Crippen LogP contribution >= 0.6 is 23.2 Å². The third-order valence-electron chi connectivity index (χ3n) is 8.80. The van der Waals surface area contributed by atoms with Crippen LogP contribution in [0.25, 0.3) is 11.3 Å². The first kappa shape index (κ1) is 36.2. The average molecular weight is 712 g/mol. The number of nitrogens with two attached hydrogens (primary N) is 1. The van der Waals surface area contributed by atoms with E-state index in [1.165, 1.54) is 11.8 Å². The van der Waals surface area contributed by atoms with E-state index < -0.39 is 23.7 Å². The number of aromatic nitrogens is 2. The van der Waals surface area contributed by atoms with Crippen molar-refractivity contribution < 1.29 is 23.9 Å². The van der Waals surface area contributed by atoms with Gasteiger partial charge in [-0.2, -0.15) is 0 Å². The number of rotatable bonds is 9. The highest BCUT2D eigenvalue weighted by Crippen LogP contribution is 2.30. The molecule has 1 saturated heterocycles. The maximum atomic E-state index is 13.5. The Morgan fingerprint density at radius 1 is 1.04 bits per heavy atom. The van der Waals surface area contributed by atoms with Crippen molar-refractivity contribution in [2.24, 2.45) is 0 Å².